The molecule has 2 aromatic rings. The molecular weight excluding hydrogens is 266 g/mol. The van der Waals surface area contributed by atoms with E-state index >= 15 is 0 Å². The summed E-state index contributed by atoms with van der Waals surface area (Å²) < 4.78 is 0. The molecule has 2 heterocycles. The molecular formula is C15H19N5O. The molecule has 2 N–H and O–H groups in total. The lowest BCUT2D eigenvalue weighted by Crippen LogP contribution is -2.24. The van der Waals surface area contributed by atoms with Crippen molar-refractivity contribution in [3.8, 4) is 0 Å². The Kier molecular flexibility index (Phi) is 5.20. The van der Waals surface area contributed by atoms with Crippen molar-refractivity contribution >= 4 is 11.7 Å². The molecule has 0 radical (unpaired) electrons. The van der Waals surface area contributed by atoms with Crippen molar-refractivity contribution in [2.75, 3.05) is 11.9 Å². The van der Waals surface area contributed by atoms with Crippen LogP contribution in [0, 0.1) is 5.92 Å². The molecule has 0 aromatic carbocycles. The monoisotopic (exact) mass is 285 g/mol. The normalized spacial score (nSPS) is 10.4. The molecule has 0 saturated heterocycles. The first-order valence-corrected chi connectivity index (χ1v) is 6.88. The summed E-state index contributed by atoms with van der Waals surface area (Å²) in [4.78, 5) is 24.2. The van der Waals surface area contributed by atoms with Gasteiger partial charge < -0.3 is 10.6 Å². The molecule has 6 nitrogen and oxygen atoms in total. The van der Waals surface area contributed by atoms with E-state index in [4.69, 9.17) is 0 Å². The molecule has 0 saturated carbocycles. The van der Waals surface area contributed by atoms with E-state index in [2.05, 4.69) is 39.4 Å². The fourth-order valence-corrected chi connectivity index (χ4v) is 1.62. The topological polar surface area (TPSA) is 79.8 Å². The number of rotatable bonds is 6. The van der Waals surface area contributed by atoms with Gasteiger partial charge in [0.2, 0.25) is 0 Å². The smallest absolute Gasteiger partial charge is 0.271 e. The summed E-state index contributed by atoms with van der Waals surface area (Å²) in [7, 11) is 0. The summed E-state index contributed by atoms with van der Waals surface area (Å²) in [5.41, 5.74) is 1.29. The highest BCUT2D eigenvalue weighted by atomic mass is 16.1. The van der Waals surface area contributed by atoms with E-state index in [-0.39, 0.29) is 5.91 Å². The summed E-state index contributed by atoms with van der Waals surface area (Å²) in [6, 6.07) is 3.70. The fourth-order valence-electron chi connectivity index (χ4n) is 1.62. The maximum atomic E-state index is 11.9. The van der Waals surface area contributed by atoms with Gasteiger partial charge in [-0.2, -0.15) is 0 Å². The Morgan fingerprint density at radius 3 is 2.57 bits per heavy atom. The summed E-state index contributed by atoms with van der Waals surface area (Å²) in [5, 5.41) is 5.95. The Labute approximate surface area is 124 Å². The van der Waals surface area contributed by atoms with Crippen LogP contribution in [0.5, 0.6) is 0 Å². The van der Waals surface area contributed by atoms with Crippen molar-refractivity contribution in [2.24, 2.45) is 5.92 Å². The van der Waals surface area contributed by atoms with Crippen LogP contribution in [0.4, 0.5) is 5.82 Å². The van der Waals surface area contributed by atoms with E-state index in [1.807, 2.05) is 12.1 Å². The number of carbonyl (C=O) groups is 1. The quantitative estimate of drug-likeness (QED) is 0.847. The third-order valence-electron chi connectivity index (χ3n) is 2.78. The Morgan fingerprint density at radius 1 is 1.19 bits per heavy atom. The molecule has 21 heavy (non-hydrogen) atoms. The van der Waals surface area contributed by atoms with Gasteiger partial charge in [0.15, 0.2) is 0 Å². The Hall–Kier alpha value is -2.50. The van der Waals surface area contributed by atoms with Crippen LogP contribution in [0.15, 0.2) is 36.9 Å². The van der Waals surface area contributed by atoms with Crippen LogP contribution in [-0.2, 0) is 6.54 Å². The minimum absolute atomic E-state index is 0.241. The third kappa shape index (κ3) is 4.83. The molecule has 0 spiro atoms. The van der Waals surface area contributed by atoms with Crippen molar-refractivity contribution in [3.63, 3.8) is 0 Å². The van der Waals surface area contributed by atoms with Crippen LogP contribution in [0.3, 0.4) is 0 Å². The molecule has 0 aliphatic heterocycles. The van der Waals surface area contributed by atoms with E-state index < -0.39 is 0 Å². The Balaban J connectivity index is 1.88. The standard InChI is InChI=1S/C15H19N5O/c1-11(2)7-18-14-10-17-13(9-19-14)15(21)20-8-12-3-5-16-6-4-12/h3-6,9-11H,7-8H2,1-2H3,(H,18,19)(H,20,21). The van der Waals surface area contributed by atoms with Gasteiger partial charge in [0.25, 0.3) is 5.91 Å². The van der Waals surface area contributed by atoms with Gasteiger partial charge in [0.05, 0.1) is 12.4 Å². The zero-order valence-electron chi connectivity index (χ0n) is 12.2. The van der Waals surface area contributed by atoms with Crippen LogP contribution in [0.2, 0.25) is 0 Å². The zero-order chi connectivity index (χ0) is 15.1. The number of hydrogen-bond acceptors (Lipinski definition) is 5. The molecule has 2 aromatic heterocycles. The van der Waals surface area contributed by atoms with Gasteiger partial charge in [-0.05, 0) is 23.6 Å². The fraction of sp³-hybridized carbons (Fsp3) is 0.333. The lowest BCUT2D eigenvalue weighted by molar-refractivity contribution is 0.0945. The number of carbonyl (C=O) groups excluding carboxylic acids is 1. The van der Waals surface area contributed by atoms with Crippen molar-refractivity contribution in [2.45, 2.75) is 20.4 Å². The van der Waals surface area contributed by atoms with E-state index in [1.54, 1.807) is 18.6 Å². The molecule has 0 bridgehead atoms. The van der Waals surface area contributed by atoms with Gasteiger partial charge in [-0.3, -0.25) is 9.78 Å². The van der Waals surface area contributed by atoms with E-state index in [0.29, 0.717) is 24.0 Å². The van der Waals surface area contributed by atoms with E-state index in [9.17, 15) is 4.79 Å². The Bertz CT molecular complexity index is 568. The lowest BCUT2D eigenvalue weighted by atomic mass is 10.2. The number of hydrogen-bond donors (Lipinski definition) is 2. The van der Waals surface area contributed by atoms with Gasteiger partial charge in [-0.1, -0.05) is 13.8 Å². The van der Waals surface area contributed by atoms with Gasteiger partial charge in [0.1, 0.15) is 11.5 Å². The molecule has 0 aliphatic carbocycles. The second kappa shape index (κ2) is 7.33. The number of amides is 1. The Morgan fingerprint density at radius 2 is 1.95 bits per heavy atom. The summed E-state index contributed by atoms with van der Waals surface area (Å²) in [6.45, 7) is 5.49. The molecule has 6 heteroatoms. The van der Waals surface area contributed by atoms with Crippen molar-refractivity contribution in [1.82, 2.24) is 20.3 Å². The number of nitrogens with zero attached hydrogens (tertiary/aromatic N) is 3. The van der Waals surface area contributed by atoms with Gasteiger partial charge in [-0.25, -0.2) is 9.97 Å². The molecule has 1 amide bonds. The summed E-state index contributed by atoms with van der Waals surface area (Å²) in [5.74, 6) is 0.958. The largest absolute Gasteiger partial charge is 0.369 e. The first-order chi connectivity index (χ1) is 10.1. The van der Waals surface area contributed by atoms with Crippen LogP contribution < -0.4 is 10.6 Å². The highest BCUT2D eigenvalue weighted by Gasteiger charge is 2.07. The van der Waals surface area contributed by atoms with Crippen LogP contribution in [-0.4, -0.2) is 27.4 Å². The van der Waals surface area contributed by atoms with E-state index in [0.717, 1.165) is 12.1 Å². The van der Waals surface area contributed by atoms with Gasteiger partial charge in [0, 0.05) is 25.5 Å². The molecule has 0 fully saturated rings. The van der Waals surface area contributed by atoms with Crippen LogP contribution in [0.25, 0.3) is 0 Å². The van der Waals surface area contributed by atoms with Gasteiger partial charge in [-0.15, -0.1) is 0 Å². The van der Waals surface area contributed by atoms with Crippen molar-refractivity contribution in [3.05, 3.63) is 48.2 Å². The highest BCUT2D eigenvalue weighted by molar-refractivity contribution is 5.91. The van der Waals surface area contributed by atoms with Gasteiger partial charge >= 0.3 is 0 Å². The molecule has 2 rings (SSSR count). The number of nitrogens with one attached hydrogen (secondary N) is 2. The SMILES string of the molecule is CC(C)CNc1cnc(C(=O)NCc2ccncc2)cn1. The van der Waals surface area contributed by atoms with Crippen LogP contribution >= 0.6 is 0 Å². The number of aromatic nitrogens is 3. The summed E-state index contributed by atoms with van der Waals surface area (Å²) >= 11 is 0. The first kappa shape index (κ1) is 14.9. The highest BCUT2D eigenvalue weighted by Crippen LogP contribution is 2.03. The maximum absolute atomic E-state index is 11.9. The second-order valence-corrected chi connectivity index (χ2v) is 5.10. The molecule has 0 aliphatic rings. The molecule has 0 atom stereocenters. The van der Waals surface area contributed by atoms with Crippen LogP contribution in [0.1, 0.15) is 29.9 Å². The number of pyridine rings is 1. The minimum Gasteiger partial charge on any atom is -0.369 e. The molecule has 0 unspecified atom stereocenters. The minimum atomic E-state index is -0.241. The van der Waals surface area contributed by atoms with Crippen molar-refractivity contribution in [1.29, 1.82) is 0 Å². The van der Waals surface area contributed by atoms with Crippen molar-refractivity contribution < 1.29 is 4.79 Å². The lowest BCUT2D eigenvalue weighted by Gasteiger charge is -2.08. The second-order valence-electron chi connectivity index (χ2n) is 5.10. The average molecular weight is 285 g/mol. The summed E-state index contributed by atoms with van der Waals surface area (Å²) in [6.07, 6.45) is 6.43. The average Bonchev–Trinajstić information content (AvgIpc) is 2.52. The zero-order valence-corrected chi connectivity index (χ0v) is 12.2. The predicted molar refractivity (Wildman–Crippen MR) is 80.8 cm³/mol. The maximum Gasteiger partial charge on any atom is 0.271 e. The third-order valence-corrected chi connectivity index (χ3v) is 2.78. The molecule has 110 valence electrons. The number of anilines is 1. The predicted octanol–water partition coefficient (Wildman–Crippen LogP) is 1.87. The first-order valence-electron chi connectivity index (χ1n) is 6.88. The van der Waals surface area contributed by atoms with E-state index in [1.165, 1.54) is 6.20 Å².